The highest BCUT2D eigenvalue weighted by Gasteiger charge is 2.36. The maximum atomic E-state index is 5.99. The standard InChI is InChI=1S/C15H20N4O2/c1-2-12-3-4-13(21-12)8-18-6-5-14-15(9-18)20-10-11-7-16-17-19(11)14/h3-4,7,14-15H,2,5-6,8-10H2,1H3/t14-,15-/m0/s1. The summed E-state index contributed by atoms with van der Waals surface area (Å²) in [7, 11) is 0. The Morgan fingerprint density at radius 1 is 1.33 bits per heavy atom. The quantitative estimate of drug-likeness (QED) is 0.861. The Balaban J connectivity index is 1.43. The molecule has 2 aromatic heterocycles. The van der Waals surface area contributed by atoms with Gasteiger partial charge in [-0.3, -0.25) is 4.90 Å². The molecule has 0 bridgehead atoms. The van der Waals surface area contributed by atoms with Gasteiger partial charge in [-0.05, 0) is 18.6 Å². The molecule has 4 rings (SSSR count). The Kier molecular flexibility index (Phi) is 3.27. The monoisotopic (exact) mass is 288 g/mol. The van der Waals surface area contributed by atoms with Gasteiger partial charge in [0.25, 0.3) is 0 Å². The van der Waals surface area contributed by atoms with Crippen LogP contribution in [0.15, 0.2) is 22.7 Å². The summed E-state index contributed by atoms with van der Waals surface area (Å²) in [6, 6.07) is 4.48. The SMILES string of the molecule is CCc1ccc(CN2CC[C@H]3[C@H](C2)OCc2cnnn23)o1. The number of hydrogen-bond donors (Lipinski definition) is 0. The summed E-state index contributed by atoms with van der Waals surface area (Å²) < 4.78 is 13.8. The minimum absolute atomic E-state index is 0.202. The van der Waals surface area contributed by atoms with Crippen LogP contribution in [0.3, 0.4) is 0 Å². The molecule has 1 fully saturated rings. The molecule has 2 aliphatic heterocycles. The van der Waals surface area contributed by atoms with Crippen LogP contribution in [0.5, 0.6) is 0 Å². The van der Waals surface area contributed by atoms with E-state index in [0.717, 1.165) is 49.7 Å². The molecule has 1 saturated heterocycles. The minimum Gasteiger partial charge on any atom is -0.465 e. The molecule has 0 unspecified atom stereocenters. The third-order valence-electron chi connectivity index (χ3n) is 4.46. The second kappa shape index (κ2) is 5.27. The molecular weight excluding hydrogens is 268 g/mol. The second-order valence-electron chi connectivity index (χ2n) is 5.83. The fraction of sp³-hybridized carbons (Fsp3) is 0.600. The van der Waals surface area contributed by atoms with Gasteiger partial charge in [-0.15, -0.1) is 5.10 Å². The van der Waals surface area contributed by atoms with E-state index in [4.69, 9.17) is 9.15 Å². The zero-order valence-corrected chi connectivity index (χ0v) is 12.2. The van der Waals surface area contributed by atoms with Crippen LogP contribution in [0.25, 0.3) is 0 Å². The first-order valence-electron chi connectivity index (χ1n) is 7.64. The highest BCUT2D eigenvalue weighted by atomic mass is 16.5. The highest BCUT2D eigenvalue weighted by molar-refractivity contribution is 5.07. The molecule has 0 saturated carbocycles. The summed E-state index contributed by atoms with van der Waals surface area (Å²) in [4.78, 5) is 2.40. The van der Waals surface area contributed by atoms with Gasteiger partial charge < -0.3 is 9.15 Å². The molecule has 0 amide bonds. The van der Waals surface area contributed by atoms with Crippen LogP contribution in [0.4, 0.5) is 0 Å². The van der Waals surface area contributed by atoms with Crippen molar-refractivity contribution in [1.29, 1.82) is 0 Å². The van der Waals surface area contributed by atoms with E-state index in [9.17, 15) is 0 Å². The number of furan rings is 1. The van der Waals surface area contributed by atoms with Gasteiger partial charge in [0.05, 0.1) is 37.2 Å². The highest BCUT2D eigenvalue weighted by Crippen LogP contribution is 2.31. The van der Waals surface area contributed by atoms with Crippen LogP contribution in [-0.2, 0) is 24.3 Å². The van der Waals surface area contributed by atoms with Gasteiger partial charge in [-0.25, -0.2) is 4.68 Å². The first-order valence-corrected chi connectivity index (χ1v) is 7.64. The van der Waals surface area contributed by atoms with Gasteiger partial charge in [-0.2, -0.15) is 0 Å². The number of hydrogen-bond acceptors (Lipinski definition) is 5. The van der Waals surface area contributed by atoms with Crippen molar-refractivity contribution in [3.05, 3.63) is 35.5 Å². The van der Waals surface area contributed by atoms with E-state index in [2.05, 4.69) is 34.3 Å². The van der Waals surface area contributed by atoms with Crippen LogP contribution in [-0.4, -0.2) is 39.1 Å². The molecule has 0 aliphatic carbocycles. The molecule has 2 atom stereocenters. The predicted octanol–water partition coefficient (Wildman–Crippen LogP) is 1.78. The van der Waals surface area contributed by atoms with Crippen molar-refractivity contribution in [2.45, 2.75) is 45.1 Å². The van der Waals surface area contributed by atoms with Gasteiger partial charge in [0.15, 0.2) is 0 Å². The third-order valence-corrected chi connectivity index (χ3v) is 4.46. The molecule has 4 heterocycles. The summed E-state index contributed by atoms with van der Waals surface area (Å²) >= 11 is 0. The first kappa shape index (κ1) is 13.0. The van der Waals surface area contributed by atoms with Crippen LogP contribution < -0.4 is 0 Å². The van der Waals surface area contributed by atoms with E-state index < -0.39 is 0 Å². The molecule has 0 spiro atoms. The van der Waals surface area contributed by atoms with Crippen LogP contribution in [0, 0.1) is 0 Å². The lowest BCUT2D eigenvalue weighted by atomic mass is 10.00. The van der Waals surface area contributed by atoms with Crippen molar-refractivity contribution >= 4 is 0 Å². The Bertz CT molecular complexity index is 621. The van der Waals surface area contributed by atoms with E-state index in [1.54, 1.807) is 6.20 Å². The predicted molar refractivity (Wildman–Crippen MR) is 75.6 cm³/mol. The number of fused-ring (bicyclic) bond motifs is 3. The number of rotatable bonds is 3. The van der Waals surface area contributed by atoms with Crippen molar-refractivity contribution in [1.82, 2.24) is 19.9 Å². The molecular formula is C15H20N4O2. The van der Waals surface area contributed by atoms with Gasteiger partial charge in [-0.1, -0.05) is 12.1 Å². The number of nitrogens with zero attached hydrogens (tertiary/aromatic N) is 4. The maximum Gasteiger partial charge on any atom is 0.118 e. The van der Waals surface area contributed by atoms with Crippen molar-refractivity contribution in [3.8, 4) is 0 Å². The molecule has 6 heteroatoms. The average molecular weight is 288 g/mol. The van der Waals surface area contributed by atoms with Crippen molar-refractivity contribution in [2.75, 3.05) is 13.1 Å². The Morgan fingerprint density at radius 3 is 3.10 bits per heavy atom. The van der Waals surface area contributed by atoms with Crippen molar-refractivity contribution < 1.29 is 9.15 Å². The fourth-order valence-corrected chi connectivity index (χ4v) is 3.31. The van der Waals surface area contributed by atoms with E-state index in [1.807, 2.05) is 4.68 Å². The number of aromatic nitrogens is 3. The Morgan fingerprint density at radius 2 is 2.24 bits per heavy atom. The van der Waals surface area contributed by atoms with Gasteiger partial charge in [0.1, 0.15) is 11.5 Å². The van der Waals surface area contributed by atoms with E-state index in [1.165, 1.54) is 0 Å². The van der Waals surface area contributed by atoms with E-state index >= 15 is 0 Å². The Hall–Kier alpha value is -1.66. The molecule has 6 nitrogen and oxygen atoms in total. The lowest BCUT2D eigenvalue weighted by molar-refractivity contribution is -0.0713. The van der Waals surface area contributed by atoms with Gasteiger partial charge in [0, 0.05) is 19.5 Å². The van der Waals surface area contributed by atoms with E-state index in [0.29, 0.717) is 12.6 Å². The summed E-state index contributed by atoms with van der Waals surface area (Å²) in [6.07, 6.45) is 4.00. The molecule has 2 aromatic rings. The zero-order chi connectivity index (χ0) is 14.2. The number of piperidine rings is 1. The van der Waals surface area contributed by atoms with Gasteiger partial charge >= 0.3 is 0 Å². The number of aryl methyl sites for hydroxylation is 1. The lowest BCUT2D eigenvalue weighted by Crippen LogP contribution is -2.48. The van der Waals surface area contributed by atoms with Crippen LogP contribution >= 0.6 is 0 Å². The second-order valence-corrected chi connectivity index (χ2v) is 5.83. The smallest absolute Gasteiger partial charge is 0.118 e. The third kappa shape index (κ3) is 2.38. The number of ether oxygens (including phenoxy) is 1. The van der Waals surface area contributed by atoms with Crippen LogP contribution in [0.1, 0.15) is 36.6 Å². The molecule has 112 valence electrons. The van der Waals surface area contributed by atoms with E-state index in [-0.39, 0.29) is 6.10 Å². The Labute approximate surface area is 123 Å². The summed E-state index contributed by atoms with van der Waals surface area (Å²) in [5.74, 6) is 2.10. The number of likely N-dealkylation sites (tertiary alicyclic amines) is 1. The molecule has 0 aromatic carbocycles. The van der Waals surface area contributed by atoms with Crippen molar-refractivity contribution in [3.63, 3.8) is 0 Å². The zero-order valence-electron chi connectivity index (χ0n) is 12.2. The minimum atomic E-state index is 0.202. The lowest BCUT2D eigenvalue weighted by Gasteiger charge is -2.40. The summed E-state index contributed by atoms with van der Waals surface area (Å²) in [5, 5.41) is 8.21. The molecule has 0 radical (unpaired) electrons. The maximum absolute atomic E-state index is 5.99. The normalized spacial score (nSPS) is 25.6. The molecule has 0 N–H and O–H groups in total. The fourth-order valence-electron chi connectivity index (χ4n) is 3.31. The van der Waals surface area contributed by atoms with Crippen LogP contribution in [0.2, 0.25) is 0 Å². The first-order chi connectivity index (χ1) is 10.3. The topological polar surface area (TPSA) is 56.3 Å². The summed E-state index contributed by atoms with van der Waals surface area (Å²) in [5.41, 5.74) is 1.09. The largest absolute Gasteiger partial charge is 0.465 e. The average Bonchev–Trinajstić information content (AvgIpc) is 3.15. The molecule has 2 aliphatic rings. The molecule has 21 heavy (non-hydrogen) atoms. The van der Waals surface area contributed by atoms with Crippen molar-refractivity contribution in [2.24, 2.45) is 0 Å². The van der Waals surface area contributed by atoms with Gasteiger partial charge in [0.2, 0.25) is 0 Å². The summed E-state index contributed by atoms with van der Waals surface area (Å²) in [6.45, 7) is 5.54.